The molecular weight excluding hydrogens is 506 g/mol. The zero-order valence-electron chi connectivity index (χ0n) is 20.5. The second kappa shape index (κ2) is 10.3. The van der Waals surface area contributed by atoms with Crippen molar-refractivity contribution in [3.8, 4) is 34.5 Å². The summed E-state index contributed by atoms with van der Waals surface area (Å²) >= 11 is 0. The number of aromatic nitrogens is 3. The molecule has 0 amide bonds. The Labute approximate surface area is 219 Å². The minimum absolute atomic E-state index is 0.200. The Bertz CT molecular complexity index is 1700. The van der Waals surface area contributed by atoms with Crippen molar-refractivity contribution in [3.05, 3.63) is 90.6 Å². The number of hydrogen-bond acceptors (Lipinski definition) is 8. The first-order chi connectivity index (χ1) is 18.3. The largest absolute Gasteiger partial charge is 0.462 e. The predicted molar refractivity (Wildman–Crippen MR) is 141 cm³/mol. The molecule has 192 valence electrons. The molecule has 0 saturated carbocycles. The zero-order valence-corrected chi connectivity index (χ0v) is 21.4. The van der Waals surface area contributed by atoms with E-state index in [2.05, 4.69) is 15.0 Å². The Balaban J connectivity index is 1.47. The number of nitrogens with one attached hydrogen (secondary N) is 1. The van der Waals surface area contributed by atoms with Gasteiger partial charge in [0.2, 0.25) is 0 Å². The number of carbonyl (C=O) groups excluding carboxylic acids is 1. The number of benzene rings is 3. The molecule has 0 spiro atoms. The lowest BCUT2D eigenvalue weighted by Crippen LogP contribution is -2.04. The molecule has 0 unspecified atom stereocenters. The number of sulfone groups is 1. The molecule has 0 radical (unpaired) electrons. The first-order valence-electron chi connectivity index (χ1n) is 11.7. The normalized spacial score (nSPS) is 11.3. The molecule has 2 aromatic heterocycles. The summed E-state index contributed by atoms with van der Waals surface area (Å²) in [5, 5.41) is 0. The number of fused-ring (bicyclic) bond motifs is 1. The molecule has 0 bridgehead atoms. The maximum Gasteiger partial charge on any atom is 0.338 e. The Morgan fingerprint density at radius 1 is 0.921 bits per heavy atom. The van der Waals surface area contributed by atoms with Crippen LogP contribution < -0.4 is 9.47 Å². The number of esters is 1. The predicted octanol–water partition coefficient (Wildman–Crippen LogP) is 5.79. The number of rotatable bonds is 8. The molecule has 0 aliphatic carbocycles. The van der Waals surface area contributed by atoms with Crippen LogP contribution in [0, 0.1) is 0 Å². The van der Waals surface area contributed by atoms with Gasteiger partial charge in [-0.05, 0) is 73.7 Å². The van der Waals surface area contributed by atoms with Crippen LogP contribution in [0.2, 0.25) is 0 Å². The van der Waals surface area contributed by atoms with Crippen LogP contribution in [0.25, 0.3) is 22.3 Å². The minimum atomic E-state index is -3.31. The maximum atomic E-state index is 12.0. The van der Waals surface area contributed by atoms with E-state index in [1.807, 2.05) is 24.3 Å². The number of nitrogens with zero attached hydrogens (tertiary/aromatic N) is 2. The molecule has 5 aromatic rings. The molecule has 1 N–H and O–H groups in total. The number of H-pyrrole nitrogens is 1. The van der Waals surface area contributed by atoms with Crippen molar-refractivity contribution in [1.29, 1.82) is 0 Å². The second-order valence-electron chi connectivity index (χ2n) is 8.31. The van der Waals surface area contributed by atoms with Crippen molar-refractivity contribution in [2.45, 2.75) is 11.8 Å². The molecule has 0 aliphatic rings. The van der Waals surface area contributed by atoms with Gasteiger partial charge in [-0.1, -0.05) is 6.07 Å². The summed E-state index contributed by atoms with van der Waals surface area (Å²) in [7, 11) is -3.31. The van der Waals surface area contributed by atoms with Gasteiger partial charge in [-0.25, -0.2) is 13.2 Å². The van der Waals surface area contributed by atoms with Gasteiger partial charge in [0.25, 0.3) is 6.01 Å². The van der Waals surface area contributed by atoms with E-state index in [-0.39, 0.29) is 10.9 Å². The van der Waals surface area contributed by atoms with Crippen molar-refractivity contribution in [1.82, 2.24) is 15.0 Å². The number of hydrogen-bond donors (Lipinski definition) is 1. The summed E-state index contributed by atoms with van der Waals surface area (Å²) < 4.78 is 40.5. The van der Waals surface area contributed by atoms with Crippen molar-refractivity contribution in [3.63, 3.8) is 0 Å². The monoisotopic (exact) mass is 529 g/mol. The van der Waals surface area contributed by atoms with Gasteiger partial charge < -0.3 is 19.2 Å². The van der Waals surface area contributed by atoms with Gasteiger partial charge in [-0.3, -0.25) is 4.98 Å². The lowest BCUT2D eigenvalue weighted by Gasteiger charge is -2.11. The number of aromatic amines is 1. The van der Waals surface area contributed by atoms with E-state index in [1.54, 1.807) is 55.6 Å². The fourth-order valence-electron chi connectivity index (χ4n) is 3.74. The fourth-order valence-corrected chi connectivity index (χ4v) is 4.37. The third-order valence-electron chi connectivity index (χ3n) is 5.56. The molecule has 9 nitrogen and oxygen atoms in total. The molecule has 0 fully saturated rings. The van der Waals surface area contributed by atoms with E-state index in [9.17, 15) is 13.2 Å². The van der Waals surface area contributed by atoms with Crippen molar-refractivity contribution < 1.29 is 27.4 Å². The van der Waals surface area contributed by atoms with Crippen LogP contribution in [0.1, 0.15) is 17.3 Å². The van der Waals surface area contributed by atoms with Crippen LogP contribution in [0.15, 0.2) is 90.0 Å². The SMILES string of the molecule is CCOC(=O)c1ccc(Oc2cc3nc(Oc4ccc(S(C)(=O)=O)cc4)[nH]c3cc2-c2ccccn2)cc1. The van der Waals surface area contributed by atoms with Gasteiger partial charge in [-0.2, -0.15) is 4.98 Å². The van der Waals surface area contributed by atoms with Crippen molar-refractivity contribution >= 4 is 26.8 Å². The molecule has 3 aromatic carbocycles. The first kappa shape index (κ1) is 25.0. The van der Waals surface area contributed by atoms with Crippen molar-refractivity contribution in [2.75, 3.05) is 12.9 Å². The number of ether oxygens (including phenoxy) is 3. The quantitative estimate of drug-likeness (QED) is 0.251. The Morgan fingerprint density at radius 3 is 2.29 bits per heavy atom. The van der Waals surface area contributed by atoms with Crippen LogP contribution in [-0.2, 0) is 14.6 Å². The van der Waals surface area contributed by atoms with Gasteiger partial charge in [0.15, 0.2) is 9.84 Å². The fraction of sp³-hybridized carbons (Fsp3) is 0.107. The third-order valence-corrected chi connectivity index (χ3v) is 6.69. The molecular formula is C28H23N3O6S. The Kier molecular flexibility index (Phi) is 6.80. The van der Waals surface area contributed by atoms with Gasteiger partial charge >= 0.3 is 5.97 Å². The standard InChI is InChI=1S/C28H23N3O6S/c1-3-35-27(32)18-7-9-19(10-8-18)36-26-17-25-24(16-22(26)23-6-4-5-15-29-23)30-28(31-25)37-20-11-13-21(14-12-20)38(2,33)34/h4-17H,3H2,1-2H3,(H,30,31). The number of imidazole rings is 1. The number of pyridine rings is 1. The van der Waals surface area contributed by atoms with E-state index >= 15 is 0 Å². The highest BCUT2D eigenvalue weighted by Crippen LogP contribution is 2.36. The van der Waals surface area contributed by atoms with Crippen LogP contribution in [0.4, 0.5) is 0 Å². The lowest BCUT2D eigenvalue weighted by atomic mass is 10.1. The molecule has 5 rings (SSSR count). The minimum Gasteiger partial charge on any atom is -0.462 e. The molecule has 10 heteroatoms. The average Bonchev–Trinajstić information content (AvgIpc) is 3.30. The van der Waals surface area contributed by atoms with Gasteiger partial charge in [-0.15, -0.1) is 0 Å². The highest BCUT2D eigenvalue weighted by Gasteiger charge is 2.16. The van der Waals surface area contributed by atoms with Crippen molar-refractivity contribution in [2.24, 2.45) is 0 Å². The molecule has 0 aliphatic heterocycles. The summed E-state index contributed by atoms with van der Waals surface area (Å²) in [4.78, 5) is 24.3. The molecule has 2 heterocycles. The van der Waals surface area contributed by atoms with E-state index in [4.69, 9.17) is 14.2 Å². The maximum absolute atomic E-state index is 12.0. The van der Waals surface area contributed by atoms with E-state index < -0.39 is 15.8 Å². The third kappa shape index (κ3) is 5.50. The highest BCUT2D eigenvalue weighted by molar-refractivity contribution is 7.90. The summed E-state index contributed by atoms with van der Waals surface area (Å²) in [5.74, 6) is 1.06. The lowest BCUT2D eigenvalue weighted by molar-refractivity contribution is 0.0526. The highest BCUT2D eigenvalue weighted by atomic mass is 32.2. The van der Waals surface area contributed by atoms with Gasteiger partial charge in [0.1, 0.15) is 17.2 Å². The van der Waals surface area contributed by atoms with Crippen LogP contribution in [0.3, 0.4) is 0 Å². The number of carbonyl (C=O) groups is 1. The van der Waals surface area contributed by atoms with E-state index in [1.165, 1.54) is 12.1 Å². The first-order valence-corrected chi connectivity index (χ1v) is 13.6. The molecule has 0 saturated heterocycles. The summed E-state index contributed by atoms with van der Waals surface area (Å²) in [6, 6.07) is 22.2. The van der Waals surface area contributed by atoms with E-state index in [0.717, 1.165) is 11.8 Å². The summed E-state index contributed by atoms with van der Waals surface area (Å²) in [6.07, 6.45) is 2.84. The summed E-state index contributed by atoms with van der Waals surface area (Å²) in [5.41, 5.74) is 3.13. The average molecular weight is 530 g/mol. The van der Waals surface area contributed by atoms with E-state index in [0.29, 0.717) is 46.1 Å². The zero-order chi connectivity index (χ0) is 26.7. The van der Waals surface area contributed by atoms with Crippen LogP contribution in [0.5, 0.6) is 23.3 Å². The topological polar surface area (TPSA) is 120 Å². The molecule has 0 atom stereocenters. The van der Waals surface area contributed by atoms with Crippen LogP contribution >= 0.6 is 0 Å². The van der Waals surface area contributed by atoms with Crippen LogP contribution in [-0.4, -0.2) is 42.2 Å². The van der Waals surface area contributed by atoms with Gasteiger partial charge in [0.05, 0.1) is 33.8 Å². The smallest absolute Gasteiger partial charge is 0.338 e. The second-order valence-corrected chi connectivity index (χ2v) is 10.3. The summed E-state index contributed by atoms with van der Waals surface area (Å²) in [6.45, 7) is 2.05. The molecule has 38 heavy (non-hydrogen) atoms. The Hall–Kier alpha value is -4.70. The van der Waals surface area contributed by atoms with Gasteiger partial charge in [0, 0.05) is 24.1 Å². The Morgan fingerprint density at radius 2 is 1.63 bits per heavy atom.